The fraction of sp³-hybridized carbons (Fsp3) is 0.909. The monoisotopic (exact) mass is 211 g/mol. The molecule has 1 saturated carbocycles. The minimum Gasteiger partial charge on any atom is -0.355 e. The van der Waals surface area contributed by atoms with E-state index >= 15 is 0 Å². The minimum atomic E-state index is 0.104. The molecule has 1 aliphatic heterocycles. The highest BCUT2D eigenvalue weighted by Crippen LogP contribution is 2.30. The van der Waals surface area contributed by atoms with Crippen molar-refractivity contribution >= 4 is 5.91 Å². The maximum atomic E-state index is 11.9. The first kappa shape index (κ1) is 10.9. The molecule has 1 amide bonds. The van der Waals surface area contributed by atoms with E-state index in [1.807, 2.05) is 7.05 Å². The van der Waals surface area contributed by atoms with Gasteiger partial charge in [0, 0.05) is 19.1 Å². The van der Waals surface area contributed by atoms with E-state index < -0.39 is 0 Å². The summed E-state index contributed by atoms with van der Waals surface area (Å²) >= 11 is 0. The van der Waals surface area contributed by atoms with Crippen LogP contribution in [0.5, 0.6) is 0 Å². The second-order valence-electron chi connectivity index (χ2n) is 4.52. The van der Waals surface area contributed by atoms with Crippen LogP contribution in [0.4, 0.5) is 0 Å². The van der Waals surface area contributed by atoms with Gasteiger partial charge in [0.15, 0.2) is 0 Å². The third-order valence-corrected chi connectivity index (χ3v) is 3.28. The van der Waals surface area contributed by atoms with Crippen molar-refractivity contribution in [1.82, 2.24) is 15.5 Å². The molecule has 1 heterocycles. The molecule has 1 unspecified atom stereocenters. The van der Waals surface area contributed by atoms with Crippen LogP contribution in [-0.4, -0.2) is 49.6 Å². The van der Waals surface area contributed by atoms with Crippen LogP contribution in [0.25, 0.3) is 0 Å². The first-order chi connectivity index (χ1) is 7.33. The van der Waals surface area contributed by atoms with E-state index in [1.165, 1.54) is 12.8 Å². The van der Waals surface area contributed by atoms with Gasteiger partial charge in [0.1, 0.15) is 0 Å². The molecule has 1 aliphatic carbocycles. The van der Waals surface area contributed by atoms with Crippen molar-refractivity contribution in [2.45, 2.75) is 37.8 Å². The van der Waals surface area contributed by atoms with Gasteiger partial charge in [-0.05, 0) is 39.3 Å². The number of rotatable bonds is 4. The number of amides is 1. The summed E-state index contributed by atoms with van der Waals surface area (Å²) in [5.74, 6) is 0.231. The summed E-state index contributed by atoms with van der Waals surface area (Å²) in [5, 5.41) is 6.14. The van der Waals surface area contributed by atoms with Gasteiger partial charge in [-0.2, -0.15) is 0 Å². The standard InChI is InChI=1S/C11H21N3O/c1-12-7-5-10-11(15)13-6-2-8-14(10)9-3-4-9/h9-10,12H,2-8H2,1H3,(H,13,15). The topological polar surface area (TPSA) is 44.4 Å². The second-order valence-corrected chi connectivity index (χ2v) is 4.52. The molecule has 1 saturated heterocycles. The number of nitrogens with one attached hydrogen (secondary N) is 2. The van der Waals surface area contributed by atoms with Gasteiger partial charge in [0.2, 0.25) is 5.91 Å². The molecule has 2 rings (SSSR count). The zero-order chi connectivity index (χ0) is 10.7. The molecule has 86 valence electrons. The molecule has 2 N–H and O–H groups in total. The lowest BCUT2D eigenvalue weighted by atomic mass is 10.1. The van der Waals surface area contributed by atoms with Crippen LogP contribution in [-0.2, 0) is 4.79 Å². The predicted molar refractivity (Wildman–Crippen MR) is 59.7 cm³/mol. The van der Waals surface area contributed by atoms with E-state index in [9.17, 15) is 4.79 Å². The Labute approximate surface area is 91.4 Å². The molecule has 15 heavy (non-hydrogen) atoms. The Balaban J connectivity index is 1.98. The molecule has 1 atom stereocenters. The molecule has 0 bridgehead atoms. The molecule has 4 nitrogen and oxygen atoms in total. The largest absolute Gasteiger partial charge is 0.355 e. The first-order valence-electron chi connectivity index (χ1n) is 6.01. The van der Waals surface area contributed by atoms with Crippen LogP contribution in [0.15, 0.2) is 0 Å². The molecule has 0 radical (unpaired) electrons. The fourth-order valence-electron chi connectivity index (χ4n) is 2.32. The van der Waals surface area contributed by atoms with Crippen LogP contribution < -0.4 is 10.6 Å². The average Bonchev–Trinajstić information content (AvgIpc) is 3.03. The van der Waals surface area contributed by atoms with Crippen molar-refractivity contribution in [1.29, 1.82) is 0 Å². The lowest BCUT2D eigenvalue weighted by Gasteiger charge is -2.28. The van der Waals surface area contributed by atoms with E-state index in [-0.39, 0.29) is 11.9 Å². The maximum absolute atomic E-state index is 11.9. The summed E-state index contributed by atoms with van der Waals surface area (Å²) < 4.78 is 0. The summed E-state index contributed by atoms with van der Waals surface area (Å²) in [4.78, 5) is 14.3. The molecule has 0 spiro atoms. The molecule has 0 aromatic rings. The van der Waals surface area contributed by atoms with Crippen molar-refractivity contribution < 1.29 is 4.79 Å². The number of carbonyl (C=O) groups excluding carboxylic acids is 1. The van der Waals surface area contributed by atoms with Gasteiger partial charge in [0.05, 0.1) is 6.04 Å². The van der Waals surface area contributed by atoms with E-state index in [0.29, 0.717) is 6.04 Å². The number of carbonyl (C=O) groups is 1. The van der Waals surface area contributed by atoms with Crippen LogP contribution in [0.2, 0.25) is 0 Å². The normalized spacial score (nSPS) is 28.6. The average molecular weight is 211 g/mol. The molecular formula is C11H21N3O. The molecule has 4 heteroatoms. The van der Waals surface area contributed by atoms with Gasteiger partial charge in [-0.3, -0.25) is 9.69 Å². The fourth-order valence-corrected chi connectivity index (χ4v) is 2.32. The van der Waals surface area contributed by atoms with Gasteiger partial charge >= 0.3 is 0 Å². The Kier molecular flexibility index (Phi) is 3.59. The van der Waals surface area contributed by atoms with E-state index in [0.717, 1.165) is 32.5 Å². The Morgan fingerprint density at radius 3 is 3.00 bits per heavy atom. The Morgan fingerprint density at radius 1 is 1.53 bits per heavy atom. The minimum absolute atomic E-state index is 0.104. The van der Waals surface area contributed by atoms with Gasteiger partial charge in [0.25, 0.3) is 0 Å². The van der Waals surface area contributed by atoms with Gasteiger partial charge in [-0.1, -0.05) is 0 Å². The molecule has 2 aliphatic rings. The Morgan fingerprint density at radius 2 is 2.33 bits per heavy atom. The number of hydrogen-bond donors (Lipinski definition) is 2. The molecule has 2 fully saturated rings. The van der Waals surface area contributed by atoms with Crippen molar-refractivity contribution in [2.24, 2.45) is 0 Å². The number of hydrogen-bond acceptors (Lipinski definition) is 3. The third-order valence-electron chi connectivity index (χ3n) is 3.28. The smallest absolute Gasteiger partial charge is 0.237 e. The predicted octanol–water partition coefficient (Wildman–Crippen LogP) is -0.0512. The van der Waals surface area contributed by atoms with Crippen molar-refractivity contribution in [3.63, 3.8) is 0 Å². The second kappa shape index (κ2) is 4.94. The van der Waals surface area contributed by atoms with Crippen molar-refractivity contribution in [3.05, 3.63) is 0 Å². The van der Waals surface area contributed by atoms with Crippen LogP contribution in [0, 0.1) is 0 Å². The zero-order valence-corrected chi connectivity index (χ0v) is 9.46. The zero-order valence-electron chi connectivity index (χ0n) is 9.46. The van der Waals surface area contributed by atoms with Gasteiger partial charge < -0.3 is 10.6 Å². The van der Waals surface area contributed by atoms with Gasteiger partial charge in [-0.25, -0.2) is 0 Å². The van der Waals surface area contributed by atoms with E-state index in [2.05, 4.69) is 15.5 Å². The van der Waals surface area contributed by atoms with Crippen LogP contribution in [0.1, 0.15) is 25.7 Å². The summed E-state index contributed by atoms with van der Waals surface area (Å²) in [6.07, 6.45) is 4.59. The Bertz CT molecular complexity index is 228. The highest BCUT2D eigenvalue weighted by molar-refractivity contribution is 5.82. The Hall–Kier alpha value is -0.610. The molecule has 0 aromatic carbocycles. The summed E-state index contributed by atoms with van der Waals surface area (Å²) in [6.45, 7) is 2.84. The first-order valence-corrected chi connectivity index (χ1v) is 6.01. The van der Waals surface area contributed by atoms with Gasteiger partial charge in [-0.15, -0.1) is 0 Å². The summed E-state index contributed by atoms with van der Waals surface area (Å²) in [7, 11) is 1.94. The summed E-state index contributed by atoms with van der Waals surface area (Å²) in [6, 6.07) is 0.795. The molecule has 0 aromatic heterocycles. The van der Waals surface area contributed by atoms with E-state index in [4.69, 9.17) is 0 Å². The highest BCUT2D eigenvalue weighted by Gasteiger charge is 2.37. The SMILES string of the molecule is CNCCC1C(=O)NCCCN1C1CC1. The van der Waals surface area contributed by atoms with Crippen molar-refractivity contribution in [2.75, 3.05) is 26.7 Å². The highest BCUT2D eigenvalue weighted by atomic mass is 16.2. The van der Waals surface area contributed by atoms with Crippen LogP contribution in [0.3, 0.4) is 0 Å². The number of nitrogens with zero attached hydrogens (tertiary/aromatic N) is 1. The molecular weight excluding hydrogens is 190 g/mol. The lowest BCUT2D eigenvalue weighted by molar-refractivity contribution is -0.125. The maximum Gasteiger partial charge on any atom is 0.237 e. The van der Waals surface area contributed by atoms with E-state index in [1.54, 1.807) is 0 Å². The van der Waals surface area contributed by atoms with Crippen LogP contribution >= 0.6 is 0 Å². The third kappa shape index (κ3) is 2.69. The quantitative estimate of drug-likeness (QED) is 0.685. The summed E-state index contributed by atoms with van der Waals surface area (Å²) in [5.41, 5.74) is 0. The lowest BCUT2D eigenvalue weighted by Crippen LogP contribution is -2.46. The van der Waals surface area contributed by atoms with Crippen molar-refractivity contribution in [3.8, 4) is 0 Å².